The Morgan fingerprint density at radius 2 is 1.77 bits per heavy atom. The lowest BCUT2D eigenvalue weighted by atomic mass is 9.85. The van der Waals surface area contributed by atoms with Gasteiger partial charge in [-0.05, 0) is 24.5 Å². The van der Waals surface area contributed by atoms with Gasteiger partial charge in [0.2, 0.25) is 0 Å². The van der Waals surface area contributed by atoms with Crippen LogP contribution in [0.1, 0.15) is 36.2 Å². The maximum atomic E-state index is 15.3. The molecule has 0 fully saturated rings. The van der Waals surface area contributed by atoms with Crippen molar-refractivity contribution in [1.82, 2.24) is 10.3 Å². The third-order valence-electron chi connectivity index (χ3n) is 6.70. The number of para-hydroxylation sites is 1. The van der Waals surface area contributed by atoms with Crippen LogP contribution in [0.2, 0.25) is 0 Å². The van der Waals surface area contributed by atoms with Gasteiger partial charge in [-0.15, -0.1) is 0 Å². The van der Waals surface area contributed by atoms with Crippen LogP contribution in [0, 0.1) is 17.6 Å². The summed E-state index contributed by atoms with van der Waals surface area (Å²) in [6.07, 6.45) is -3.98. The van der Waals surface area contributed by atoms with E-state index in [9.17, 15) is 18.0 Å². The number of benzene rings is 2. The Hall–Kier alpha value is -3.22. The number of aliphatic carboxylic acids is 1. The van der Waals surface area contributed by atoms with Crippen LogP contribution in [0.5, 0.6) is 5.75 Å². The van der Waals surface area contributed by atoms with Crippen LogP contribution in [0.25, 0.3) is 10.9 Å². The summed E-state index contributed by atoms with van der Waals surface area (Å²) in [5.74, 6) is -4.81. The van der Waals surface area contributed by atoms with E-state index in [0.29, 0.717) is 28.6 Å². The van der Waals surface area contributed by atoms with E-state index in [1.54, 1.807) is 24.3 Å². The number of fused-ring (bicyclic) bond motifs is 3. The quantitative estimate of drug-likeness (QED) is 0.212. The molecule has 0 saturated heterocycles. The average Bonchev–Trinajstić information content (AvgIpc) is 3.25. The Balaban J connectivity index is 1.47. The highest BCUT2D eigenvalue weighted by Gasteiger charge is 2.45. The molecule has 0 saturated carbocycles. The van der Waals surface area contributed by atoms with Crippen molar-refractivity contribution in [2.45, 2.75) is 38.0 Å². The zero-order valence-electron chi connectivity index (χ0n) is 21.1. The molecule has 212 valence electrons. The highest BCUT2D eigenvalue weighted by molar-refractivity contribution is 5.85. The van der Waals surface area contributed by atoms with Gasteiger partial charge >= 0.3 is 12.1 Å². The molecule has 12 heteroatoms. The molecular formula is C27H29F5N2O5. The molecule has 3 N–H and O–H groups in total. The summed E-state index contributed by atoms with van der Waals surface area (Å²) in [5.41, 5.74) is 1.30. The zero-order chi connectivity index (χ0) is 28.2. The van der Waals surface area contributed by atoms with Crippen molar-refractivity contribution >= 4 is 16.9 Å². The number of ether oxygens (including phenoxy) is 3. The molecule has 3 atom stereocenters. The molecule has 0 radical (unpaired) electrons. The van der Waals surface area contributed by atoms with Gasteiger partial charge in [0.1, 0.15) is 30.6 Å². The highest BCUT2D eigenvalue weighted by atomic mass is 19.4. The number of hydrogen-bond donors (Lipinski definition) is 3. The Bertz CT molecular complexity index is 1270. The summed E-state index contributed by atoms with van der Waals surface area (Å²) in [4.78, 5) is 13.5. The molecule has 1 unspecified atom stereocenters. The summed E-state index contributed by atoms with van der Waals surface area (Å²) in [6.45, 7) is 1.26. The Morgan fingerprint density at radius 3 is 2.46 bits per heavy atom. The predicted molar refractivity (Wildman–Crippen MR) is 132 cm³/mol. The molecule has 1 aromatic heterocycles. The largest absolute Gasteiger partial charge is 0.491 e. The van der Waals surface area contributed by atoms with Gasteiger partial charge in [-0.3, -0.25) is 0 Å². The number of carboxylic acid groups (broad SMARTS) is 1. The summed E-state index contributed by atoms with van der Waals surface area (Å²) >= 11 is 0. The van der Waals surface area contributed by atoms with Crippen LogP contribution in [-0.2, 0) is 20.7 Å². The monoisotopic (exact) mass is 556 g/mol. The van der Waals surface area contributed by atoms with E-state index in [1.165, 1.54) is 0 Å². The fraction of sp³-hybridized carbons (Fsp3) is 0.444. The number of halogens is 5. The minimum Gasteiger partial charge on any atom is -0.491 e. The number of carboxylic acids is 1. The van der Waals surface area contributed by atoms with Gasteiger partial charge in [-0.1, -0.05) is 25.1 Å². The first-order chi connectivity index (χ1) is 18.6. The molecule has 4 rings (SSSR count). The molecule has 1 aliphatic heterocycles. The van der Waals surface area contributed by atoms with E-state index >= 15 is 8.78 Å². The zero-order valence-corrected chi connectivity index (χ0v) is 21.1. The van der Waals surface area contributed by atoms with Gasteiger partial charge in [0, 0.05) is 53.5 Å². The molecule has 0 amide bonds. The number of aromatic nitrogens is 1. The number of alkyl halides is 3. The van der Waals surface area contributed by atoms with Crippen molar-refractivity contribution in [2.24, 2.45) is 5.92 Å². The van der Waals surface area contributed by atoms with E-state index in [0.717, 1.165) is 19.1 Å². The van der Waals surface area contributed by atoms with Gasteiger partial charge in [0.25, 0.3) is 0 Å². The summed E-state index contributed by atoms with van der Waals surface area (Å²) < 4.78 is 87.1. The first-order valence-corrected chi connectivity index (χ1v) is 12.5. The normalized spacial score (nSPS) is 18.2. The second kappa shape index (κ2) is 12.3. The van der Waals surface area contributed by atoms with Crippen molar-refractivity contribution in [3.05, 3.63) is 64.9 Å². The number of aromatic amines is 1. The average molecular weight is 557 g/mol. The van der Waals surface area contributed by atoms with E-state index < -0.39 is 54.0 Å². The Kier molecular flexibility index (Phi) is 9.08. The third-order valence-corrected chi connectivity index (χ3v) is 6.70. The second-order valence-electron chi connectivity index (χ2n) is 9.36. The lowest BCUT2D eigenvalue weighted by Gasteiger charge is -2.36. The first kappa shape index (κ1) is 28.8. The molecular weight excluding hydrogens is 527 g/mol. The van der Waals surface area contributed by atoms with Gasteiger partial charge in [-0.25, -0.2) is 13.6 Å². The highest BCUT2D eigenvalue weighted by Crippen LogP contribution is 2.41. The van der Waals surface area contributed by atoms with E-state index in [1.807, 2.05) is 0 Å². The van der Waals surface area contributed by atoms with Gasteiger partial charge in [-0.2, -0.15) is 13.2 Å². The standard InChI is InChI=1S/C27H29F5N2O5/c1-15(27(30,31)32)22-13-18-17-5-2-3-6-21(17)33-25(18)26(34-22)24-19(28)11-16(12-20(24)29)39-10-9-37-7-4-8-38-14-23(35)36/h2-3,5-6,11-12,15,22,26,33-34H,4,7-10,13-14H2,1H3,(H,35,36)/t15?,22-,26-/m1/s1. The summed E-state index contributed by atoms with van der Waals surface area (Å²) in [7, 11) is 0. The summed E-state index contributed by atoms with van der Waals surface area (Å²) in [6, 6.07) is 6.81. The first-order valence-electron chi connectivity index (χ1n) is 12.5. The smallest absolute Gasteiger partial charge is 0.393 e. The fourth-order valence-corrected chi connectivity index (χ4v) is 4.70. The van der Waals surface area contributed by atoms with Gasteiger partial charge in [0.05, 0.1) is 18.6 Å². The molecule has 39 heavy (non-hydrogen) atoms. The lowest BCUT2D eigenvalue weighted by molar-refractivity contribution is -0.178. The minimum atomic E-state index is -4.49. The van der Waals surface area contributed by atoms with Crippen molar-refractivity contribution < 1.29 is 46.1 Å². The number of H-pyrrole nitrogens is 1. The Morgan fingerprint density at radius 1 is 1.08 bits per heavy atom. The number of hydrogen-bond acceptors (Lipinski definition) is 5. The predicted octanol–water partition coefficient (Wildman–Crippen LogP) is 5.13. The Labute approximate surface area is 221 Å². The van der Waals surface area contributed by atoms with Gasteiger partial charge in [0.15, 0.2) is 0 Å². The number of nitrogens with one attached hydrogen (secondary N) is 2. The maximum absolute atomic E-state index is 15.3. The maximum Gasteiger partial charge on any atom is 0.393 e. The summed E-state index contributed by atoms with van der Waals surface area (Å²) in [5, 5.41) is 12.1. The van der Waals surface area contributed by atoms with Crippen molar-refractivity contribution in [1.29, 1.82) is 0 Å². The van der Waals surface area contributed by atoms with Crippen molar-refractivity contribution in [2.75, 3.05) is 33.0 Å². The third kappa shape index (κ3) is 6.87. The van der Waals surface area contributed by atoms with Gasteiger partial charge < -0.3 is 29.6 Å². The minimum absolute atomic E-state index is 0.00672. The molecule has 2 heterocycles. The van der Waals surface area contributed by atoms with Crippen molar-refractivity contribution in [3.63, 3.8) is 0 Å². The van der Waals surface area contributed by atoms with Crippen LogP contribution in [-0.4, -0.2) is 61.3 Å². The molecule has 2 aromatic carbocycles. The second-order valence-corrected chi connectivity index (χ2v) is 9.36. The SMILES string of the molecule is CC([C@H]1Cc2c([nH]c3ccccc23)[C@@H](c2c(F)cc(OCCOCCCOCC(=O)O)cc2F)N1)C(F)(F)F. The van der Waals surface area contributed by atoms with Crippen LogP contribution < -0.4 is 10.1 Å². The lowest BCUT2D eigenvalue weighted by Crippen LogP contribution is -2.48. The van der Waals surface area contributed by atoms with Crippen LogP contribution in [0.3, 0.4) is 0 Å². The van der Waals surface area contributed by atoms with E-state index in [4.69, 9.17) is 19.3 Å². The molecule has 0 bridgehead atoms. The van der Waals surface area contributed by atoms with E-state index in [-0.39, 0.29) is 38.6 Å². The molecule has 7 nitrogen and oxygen atoms in total. The molecule has 0 aliphatic carbocycles. The molecule has 0 spiro atoms. The van der Waals surface area contributed by atoms with Crippen LogP contribution >= 0.6 is 0 Å². The fourth-order valence-electron chi connectivity index (χ4n) is 4.70. The van der Waals surface area contributed by atoms with E-state index in [2.05, 4.69) is 10.3 Å². The number of carbonyl (C=O) groups is 1. The number of rotatable bonds is 12. The van der Waals surface area contributed by atoms with Crippen LogP contribution in [0.4, 0.5) is 22.0 Å². The molecule has 1 aliphatic rings. The van der Waals surface area contributed by atoms with Crippen LogP contribution in [0.15, 0.2) is 36.4 Å². The van der Waals surface area contributed by atoms with Crippen molar-refractivity contribution in [3.8, 4) is 5.75 Å². The molecule has 3 aromatic rings. The topological polar surface area (TPSA) is 92.8 Å².